The molecule has 24 heavy (non-hydrogen) atoms. The van der Waals surface area contributed by atoms with Crippen LogP contribution in [0.1, 0.15) is 22.8 Å². The van der Waals surface area contributed by atoms with Crippen LogP contribution in [-0.4, -0.2) is 25.1 Å². The van der Waals surface area contributed by atoms with Crippen molar-refractivity contribution in [1.29, 1.82) is 0 Å². The number of Topliss-reactive ketones (excluding diaryl/α,β-unsaturated/α-hetero) is 1. The lowest BCUT2D eigenvalue weighted by molar-refractivity contribution is -0.118. The van der Waals surface area contributed by atoms with Crippen LogP contribution in [0.25, 0.3) is 0 Å². The van der Waals surface area contributed by atoms with E-state index in [0.29, 0.717) is 28.5 Å². The van der Waals surface area contributed by atoms with E-state index in [1.165, 1.54) is 6.92 Å². The van der Waals surface area contributed by atoms with Gasteiger partial charge in [0.15, 0.2) is 23.9 Å². The zero-order valence-electron chi connectivity index (χ0n) is 13.4. The van der Waals surface area contributed by atoms with Crippen molar-refractivity contribution in [1.82, 2.24) is 0 Å². The fourth-order valence-corrected chi connectivity index (χ4v) is 2.38. The summed E-state index contributed by atoms with van der Waals surface area (Å²) in [7, 11) is 0. The molecule has 3 rings (SSSR count). The van der Waals surface area contributed by atoms with Gasteiger partial charge in [-0.15, -0.1) is 0 Å². The Hall–Kier alpha value is -3.02. The van der Waals surface area contributed by atoms with E-state index < -0.39 is 0 Å². The molecule has 0 unspecified atom stereocenters. The molecule has 1 heterocycles. The number of rotatable bonds is 5. The van der Waals surface area contributed by atoms with Crippen LogP contribution >= 0.6 is 0 Å². The molecule has 1 amide bonds. The number of carbonyl (C=O) groups is 2. The number of hydrogen-bond donors (Lipinski definition) is 1. The maximum Gasteiger partial charge on any atom is 0.262 e. The summed E-state index contributed by atoms with van der Waals surface area (Å²) in [6.07, 6.45) is 0. The van der Waals surface area contributed by atoms with Crippen LogP contribution in [-0.2, 0) is 4.79 Å². The summed E-state index contributed by atoms with van der Waals surface area (Å²) in [5.74, 6) is 1.06. The van der Waals surface area contributed by atoms with Gasteiger partial charge < -0.3 is 19.5 Å². The molecule has 0 atom stereocenters. The molecule has 0 aromatic heterocycles. The first-order valence-electron chi connectivity index (χ1n) is 7.47. The number of amides is 1. The van der Waals surface area contributed by atoms with Crippen LogP contribution in [0.5, 0.6) is 17.2 Å². The zero-order chi connectivity index (χ0) is 17.1. The van der Waals surface area contributed by atoms with Crippen LogP contribution in [0.2, 0.25) is 0 Å². The molecule has 2 aromatic carbocycles. The van der Waals surface area contributed by atoms with Crippen LogP contribution < -0.4 is 19.5 Å². The molecule has 1 N–H and O–H groups in total. The Morgan fingerprint density at radius 1 is 1.17 bits per heavy atom. The monoisotopic (exact) mass is 327 g/mol. The van der Waals surface area contributed by atoms with Gasteiger partial charge in [-0.05, 0) is 37.6 Å². The lowest BCUT2D eigenvalue weighted by Gasteiger charge is -2.11. The zero-order valence-corrected chi connectivity index (χ0v) is 13.4. The Kier molecular flexibility index (Phi) is 4.37. The summed E-state index contributed by atoms with van der Waals surface area (Å²) in [4.78, 5) is 23.9. The van der Waals surface area contributed by atoms with Gasteiger partial charge in [-0.1, -0.05) is 12.1 Å². The van der Waals surface area contributed by atoms with E-state index in [1.54, 1.807) is 18.2 Å². The molecule has 6 nitrogen and oxygen atoms in total. The summed E-state index contributed by atoms with van der Waals surface area (Å²) in [5, 5.41) is 2.69. The molecule has 0 radical (unpaired) electrons. The first-order chi connectivity index (χ1) is 11.5. The number of aryl methyl sites for hydroxylation is 1. The Bertz CT molecular complexity index is 800. The highest BCUT2D eigenvalue weighted by molar-refractivity contribution is 6.04. The van der Waals surface area contributed by atoms with Crippen molar-refractivity contribution in [2.75, 3.05) is 18.7 Å². The maximum atomic E-state index is 12.1. The smallest absolute Gasteiger partial charge is 0.262 e. The predicted molar refractivity (Wildman–Crippen MR) is 87.9 cm³/mol. The van der Waals surface area contributed by atoms with Gasteiger partial charge in [-0.25, -0.2) is 0 Å². The number of benzene rings is 2. The standard InChI is InChI=1S/C18H17NO5/c1-11-4-3-5-13(6-11)22-9-18(21)19-15-8-17-16(23-10-24-17)7-14(15)12(2)20/h3-8H,9-10H2,1-2H3,(H,19,21). The molecule has 0 bridgehead atoms. The van der Waals surface area contributed by atoms with Gasteiger partial charge in [0, 0.05) is 11.6 Å². The van der Waals surface area contributed by atoms with Gasteiger partial charge in [0.05, 0.1) is 5.69 Å². The topological polar surface area (TPSA) is 73.9 Å². The third kappa shape index (κ3) is 3.48. The summed E-state index contributed by atoms with van der Waals surface area (Å²) < 4.78 is 16.0. The second kappa shape index (κ2) is 6.62. The van der Waals surface area contributed by atoms with Gasteiger partial charge in [0.2, 0.25) is 6.79 Å². The Morgan fingerprint density at radius 2 is 1.92 bits per heavy atom. The number of ketones is 1. The Labute approximate surface area is 139 Å². The minimum absolute atomic E-state index is 0.0978. The lowest BCUT2D eigenvalue weighted by atomic mass is 10.1. The van der Waals surface area contributed by atoms with Crippen molar-refractivity contribution >= 4 is 17.4 Å². The largest absolute Gasteiger partial charge is 0.484 e. The van der Waals surface area contributed by atoms with E-state index in [4.69, 9.17) is 14.2 Å². The third-order valence-corrected chi connectivity index (χ3v) is 3.53. The molecule has 6 heteroatoms. The fraction of sp³-hybridized carbons (Fsp3) is 0.222. The molecule has 0 fully saturated rings. The van der Waals surface area contributed by atoms with Crippen LogP contribution in [0.3, 0.4) is 0 Å². The molecular formula is C18H17NO5. The first kappa shape index (κ1) is 15.9. The minimum Gasteiger partial charge on any atom is -0.484 e. The second-order valence-corrected chi connectivity index (χ2v) is 5.46. The summed E-state index contributed by atoms with van der Waals surface area (Å²) in [6.45, 7) is 3.31. The number of fused-ring (bicyclic) bond motifs is 1. The first-order valence-corrected chi connectivity index (χ1v) is 7.47. The fourth-order valence-electron chi connectivity index (χ4n) is 2.38. The van der Waals surface area contributed by atoms with Crippen molar-refractivity contribution in [3.05, 3.63) is 47.5 Å². The molecule has 0 aliphatic carbocycles. The molecule has 1 aliphatic heterocycles. The summed E-state index contributed by atoms with van der Waals surface area (Å²) in [6, 6.07) is 10.6. The van der Waals surface area contributed by atoms with E-state index in [0.717, 1.165) is 5.56 Å². The van der Waals surface area contributed by atoms with Crippen molar-refractivity contribution in [3.63, 3.8) is 0 Å². The van der Waals surface area contributed by atoms with Crippen molar-refractivity contribution in [2.24, 2.45) is 0 Å². The van der Waals surface area contributed by atoms with Gasteiger partial charge in [-0.2, -0.15) is 0 Å². The van der Waals surface area contributed by atoms with E-state index in [2.05, 4.69) is 5.32 Å². The number of hydrogen-bond acceptors (Lipinski definition) is 5. The van der Waals surface area contributed by atoms with Crippen molar-refractivity contribution in [3.8, 4) is 17.2 Å². The van der Waals surface area contributed by atoms with Crippen LogP contribution in [0, 0.1) is 6.92 Å². The van der Waals surface area contributed by atoms with E-state index in [1.807, 2.05) is 25.1 Å². The van der Waals surface area contributed by atoms with Crippen LogP contribution in [0.15, 0.2) is 36.4 Å². The van der Waals surface area contributed by atoms with E-state index >= 15 is 0 Å². The van der Waals surface area contributed by atoms with Gasteiger partial charge in [0.25, 0.3) is 5.91 Å². The Balaban J connectivity index is 1.71. The van der Waals surface area contributed by atoms with Crippen molar-refractivity contribution < 1.29 is 23.8 Å². The molecule has 124 valence electrons. The predicted octanol–water partition coefficient (Wildman–Crippen LogP) is 2.94. The highest BCUT2D eigenvalue weighted by Gasteiger charge is 2.20. The van der Waals surface area contributed by atoms with Crippen molar-refractivity contribution in [2.45, 2.75) is 13.8 Å². The second-order valence-electron chi connectivity index (χ2n) is 5.46. The quantitative estimate of drug-likeness (QED) is 0.855. The third-order valence-electron chi connectivity index (χ3n) is 3.53. The number of nitrogens with one attached hydrogen (secondary N) is 1. The molecule has 0 spiro atoms. The SMILES string of the molecule is CC(=O)c1cc2c(cc1NC(=O)COc1cccc(C)c1)OCO2. The molecule has 1 aliphatic rings. The lowest BCUT2D eigenvalue weighted by Crippen LogP contribution is -2.21. The molecule has 2 aromatic rings. The molecule has 0 saturated carbocycles. The number of anilines is 1. The Morgan fingerprint density at radius 3 is 2.62 bits per heavy atom. The number of carbonyl (C=O) groups excluding carboxylic acids is 2. The summed E-state index contributed by atoms with van der Waals surface area (Å²) >= 11 is 0. The highest BCUT2D eigenvalue weighted by Crippen LogP contribution is 2.37. The summed E-state index contributed by atoms with van der Waals surface area (Å²) in [5.41, 5.74) is 1.79. The maximum absolute atomic E-state index is 12.1. The van der Waals surface area contributed by atoms with Gasteiger partial charge in [0.1, 0.15) is 5.75 Å². The highest BCUT2D eigenvalue weighted by atomic mass is 16.7. The molecule has 0 saturated heterocycles. The van der Waals surface area contributed by atoms with Crippen LogP contribution in [0.4, 0.5) is 5.69 Å². The average Bonchev–Trinajstić information content (AvgIpc) is 2.99. The molecular weight excluding hydrogens is 310 g/mol. The van der Waals surface area contributed by atoms with Gasteiger partial charge >= 0.3 is 0 Å². The average molecular weight is 327 g/mol. The normalized spacial score (nSPS) is 11.9. The van der Waals surface area contributed by atoms with E-state index in [-0.39, 0.29) is 25.1 Å². The minimum atomic E-state index is -0.363. The van der Waals surface area contributed by atoms with E-state index in [9.17, 15) is 9.59 Å². The number of ether oxygens (including phenoxy) is 3. The van der Waals surface area contributed by atoms with Gasteiger partial charge in [-0.3, -0.25) is 9.59 Å².